The molecule has 0 saturated heterocycles. The van der Waals surface area contributed by atoms with E-state index in [2.05, 4.69) is 4.98 Å². The van der Waals surface area contributed by atoms with E-state index in [0.717, 1.165) is 34.3 Å². The standard InChI is InChI=1S/C14H13ClN2OS/c1-9(18)17-6-5-12-13(8-17)19-14(16-12)10-3-2-4-11(15)7-10/h2-4,7H,5-6,8H2,1H3. The van der Waals surface area contributed by atoms with Crippen LogP contribution in [0.15, 0.2) is 24.3 Å². The van der Waals surface area contributed by atoms with Crippen LogP contribution in [-0.4, -0.2) is 22.3 Å². The highest BCUT2D eigenvalue weighted by molar-refractivity contribution is 7.15. The van der Waals surface area contributed by atoms with E-state index in [1.807, 2.05) is 29.2 Å². The average Bonchev–Trinajstić information content (AvgIpc) is 2.81. The minimum Gasteiger partial charge on any atom is -0.337 e. The molecule has 0 atom stereocenters. The summed E-state index contributed by atoms with van der Waals surface area (Å²) in [6.07, 6.45) is 0.839. The lowest BCUT2D eigenvalue weighted by atomic mass is 10.2. The molecule has 3 rings (SSSR count). The summed E-state index contributed by atoms with van der Waals surface area (Å²) in [4.78, 5) is 19.2. The number of hydrogen-bond acceptors (Lipinski definition) is 3. The van der Waals surface area contributed by atoms with Gasteiger partial charge in [-0.25, -0.2) is 4.98 Å². The van der Waals surface area contributed by atoms with E-state index in [1.165, 1.54) is 4.88 Å². The Balaban J connectivity index is 1.93. The number of halogens is 1. The minimum absolute atomic E-state index is 0.128. The van der Waals surface area contributed by atoms with Crippen LogP contribution in [0.1, 0.15) is 17.5 Å². The van der Waals surface area contributed by atoms with Gasteiger partial charge in [0.1, 0.15) is 5.01 Å². The molecule has 0 unspecified atom stereocenters. The maximum atomic E-state index is 11.4. The van der Waals surface area contributed by atoms with Crippen LogP contribution >= 0.6 is 22.9 Å². The zero-order valence-corrected chi connectivity index (χ0v) is 12.1. The van der Waals surface area contributed by atoms with Crippen LogP contribution in [0.2, 0.25) is 5.02 Å². The van der Waals surface area contributed by atoms with Crippen molar-refractivity contribution in [1.29, 1.82) is 0 Å². The smallest absolute Gasteiger partial charge is 0.219 e. The summed E-state index contributed by atoms with van der Waals surface area (Å²) in [6, 6.07) is 7.73. The lowest BCUT2D eigenvalue weighted by Gasteiger charge is -2.24. The highest BCUT2D eigenvalue weighted by atomic mass is 35.5. The maximum Gasteiger partial charge on any atom is 0.219 e. The van der Waals surface area contributed by atoms with Gasteiger partial charge in [-0.3, -0.25) is 4.79 Å². The predicted octanol–water partition coefficient (Wildman–Crippen LogP) is 3.37. The normalized spacial score (nSPS) is 14.3. The van der Waals surface area contributed by atoms with E-state index in [1.54, 1.807) is 18.3 Å². The Bertz CT molecular complexity index is 638. The molecule has 1 aliphatic rings. The van der Waals surface area contributed by atoms with Gasteiger partial charge in [-0.2, -0.15) is 0 Å². The van der Waals surface area contributed by atoms with Crippen LogP contribution in [0.4, 0.5) is 0 Å². The SMILES string of the molecule is CC(=O)N1CCc2nc(-c3cccc(Cl)c3)sc2C1. The zero-order chi connectivity index (χ0) is 13.4. The van der Waals surface area contributed by atoms with Crippen LogP contribution in [0, 0.1) is 0 Å². The number of rotatable bonds is 1. The van der Waals surface area contributed by atoms with Crippen LogP contribution in [0.25, 0.3) is 10.6 Å². The van der Waals surface area contributed by atoms with Gasteiger partial charge < -0.3 is 4.90 Å². The number of carbonyl (C=O) groups is 1. The number of nitrogens with zero attached hydrogens (tertiary/aromatic N) is 2. The highest BCUT2D eigenvalue weighted by Crippen LogP contribution is 2.32. The van der Waals surface area contributed by atoms with Crippen molar-refractivity contribution in [3.05, 3.63) is 39.9 Å². The lowest BCUT2D eigenvalue weighted by molar-refractivity contribution is -0.129. The highest BCUT2D eigenvalue weighted by Gasteiger charge is 2.22. The molecule has 2 heterocycles. The van der Waals surface area contributed by atoms with Gasteiger partial charge in [0.25, 0.3) is 0 Å². The van der Waals surface area contributed by atoms with E-state index < -0.39 is 0 Å². The fourth-order valence-electron chi connectivity index (χ4n) is 2.21. The molecule has 0 aliphatic carbocycles. The summed E-state index contributed by atoms with van der Waals surface area (Å²) in [7, 11) is 0. The van der Waals surface area contributed by atoms with Crippen molar-refractivity contribution in [2.45, 2.75) is 19.9 Å². The van der Waals surface area contributed by atoms with Gasteiger partial charge in [0.2, 0.25) is 5.91 Å². The van der Waals surface area contributed by atoms with Gasteiger partial charge in [0.05, 0.1) is 12.2 Å². The first-order valence-corrected chi connectivity index (χ1v) is 7.33. The van der Waals surface area contributed by atoms with E-state index in [-0.39, 0.29) is 5.91 Å². The van der Waals surface area contributed by atoms with E-state index in [4.69, 9.17) is 11.6 Å². The number of thiazole rings is 1. The molecule has 98 valence electrons. The average molecular weight is 293 g/mol. The molecule has 1 amide bonds. The Morgan fingerprint density at radius 3 is 3.05 bits per heavy atom. The van der Waals surface area contributed by atoms with Gasteiger partial charge in [-0.15, -0.1) is 11.3 Å². The predicted molar refractivity (Wildman–Crippen MR) is 77.4 cm³/mol. The second kappa shape index (κ2) is 4.94. The minimum atomic E-state index is 0.128. The molecule has 1 aliphatic heterocycles. The van der Waals surface area contributed by atoms with E-state index in [9.17, 15) is 4.79 Å². The number of carbonyl (C=O) groups excluding carboxylic acids is 1. The first-order chi connectivity index (χ1) is 9.13. The van der Waals surface area contributed by atoms with Crippen molar-refractivity contribution in [3.8, 4) is 10.6 Å². The van der Waals surface area contributed by atoms with Crippen molar-refractivity contribution in [2.24, 2.45) is 0 Å². The van der Waals surface area contributed by atoms with Crippen LogP contribution < -0.4 is 0 Å². The Kier molecular flexibility index (Phi) is 3.29. The summed E-state index contributed by atoms with van der Waals surface area (Å²) < 4.78 is 0. The molecule has 0 bridgehead atoms. The van der Waals surface area contributed by atoms with Crippen molar-refractivity contribution >= 4 is 28.8 Å². The fourth-order valence-corrected chi connectivity index (χ4v) is 3.52. The maximum absolute atomic E-state index is 11.4. The lowest BCUT2D eigenvalue weighted by Crippen LogP contribution is -2.33. The third kappa shape index (κ3) is 2.51. The zero-order valence-electron chi connectivity index (χ0n) is 10.5. The summed E-state index contributed by atoms with van der Waals surface area (Å²) in [5, 5.41) is 1.70. The van der Waals surface area contributed by atoms with Gasteiger partial charge in [0.15, 0.2) is 0 Å². The number of hydrogen-bond donors (Lipinski definition) is 0. The summed E-state index contributed by atoms with van der Waals surface area (Å²) in [6.45, 7) is 3.06. The van der Waals surface area contributed by atoms with Crippen LogP contribution in [0.5, 0.6) is 0 Å². The molecule has 5 heteroatoms. The molecule has 0 N–H and O–H groups in total. The summed E-state index contributed by atoms with van der Waals surface area (Å²) >= 11 is 7.66. The summed E-state index contributed by atoms with van der Waals surface area (Å²) in [5.74, 6) is 0.128. The number of amides is 1. The topological polar surface area (TPSA) is 33.2 Å². The number of fused-ring (bicyclic) bond motifs is 1. The molecule has 0 fully saturated rings. The monoisotopic (exact) mass is 292 g/mol. The summed E-state index contributed by atoms with van der Waals surface area (Å²) in [5.41, 5.74) is 2.17. The van der Waals surface area contributed by atoms with Gasteiger partial charge in [-0.1, -0.05) is 23.7 Å². The van der Waals surface area contributed by atoms with Crippen molar-refractivity contribution < 1.29 is 4.79 Å². The Morgan fingerprint density at radius 2 is 2.32 bits per heavy atom. The van der Waals surface area contributed by atoms with Crippen molar-refractivity contribution in [1.82, 2.24) is 9.88 Å². The molecular formula is C14H13ClN2OS. The molecule has 0 spiro atoms. The van der Waals surface area contributed by atoms with E-state index in [0.29, 0.717) is 6.54 Å². The number of aromatic nitrogens is 1. The third-order valence-electron chi connectivity index (χ3n) is 3.25. The van der Waals surface area contributed by atoms with Crippen molar-refractivity contribution in [2.75, 3.05) is 6.54 Å². The number of benzene rings is 1. The Hall–Kier alpha value is -1.39. The van der Waals surface area contributed by atoms with Gasteiger partial charge in [-0.05, 0) is 12.1 Å². The third-order valence-corrected chi connectivity index (χ3v) is 4.61. The fraction of sp³-hybridized carbons (Fsp3) is 0.286. The molecular weight excluding hydrogens is 280 g/mol. The van der Waals surface area contributed by atoms with Gasteiger partial charge >= 0.3 is 0 Å². The molecule has 1 aromatic carbocycles. The first-order valence-electron chi connectivity index (χ1n) is 6.13. The molecule has 1 aromatic heterocycles. The molecule has 0 saturated carbocycles. The van der Waals surface area contributed by atoms with Crippen molar-refractivity contribution in [3.63, 3.8) is 0 Å². The largest absolute Gasteiger partial charge is 0.337 e. The molecule has 2 aromatic rings. The Morgan fingerprint density at radius 1 is 1.47 bits per heavy atom. The van der Waals surface area contributed by atoms with Crippen LogP contribution in [-0.2, 0) is 17.8 Å². The van der Waals surface area contributed by atoms with Crippen LogP contribution in [0.3, 0.4) is 0 Å². The molecule has 3 nitrogen and oxygen atoms in total. The van der Waals surface area contributed by atoms with E-state index >= 15 is 0 Å². The quantitative estimate of drug-likeness (QED) is 0.807. The molecule has 0 radical (unpaired) electrons. The Labute approximate surface area is 120 Å². The first kappa shape index (κ1) is 12.6. The second-order valence-electron chi connectivity index (χ2n) is 4.59. The second-order valence-corrected chi connectivity index (χ2v) is 6.11. The van der Waals surface area contributed by atoms with Gasteiger partial charge in [0, 0.05) is 35.4 Å². The molecule has 19 heavy (non-hydrogen) atoms.